The van der Waals surface area contributed by atoms with Crippen LogP contribution in [-0.2, 0) is 16.4 Å². The molecule has 0 bridgehead atoms. The Morgan fingerprint density at radius 3 is 2.35 bits per heavy atom. The smallest absolute Gasteiger partial charge is 0.207 e. The van der Waals surface area contributed by atoms with Gasteiger partial charge in [0.25, 0.3) is 0 Å². The van der Waals surface area contributed by atoms with Gasteiger partial charge >= 0.3 is 0 Å². The molecule has 1 heterocycles. The number of sulfonamides is 1. The fourth-order valence-electron chi connectivity index (χ4n) is 3.06. The summed E-state index contributed by atoms with van der Waals surface area (Å²) in [5.41, 5.74) is 2.31. The predicted molar refractivity (Wildman–Crippen MR) is 81.7 cm³/mol. The molecule has 2 aliphatic rings. The summed E-state index contributed by atoms with van der Waals surface area (Å²) < 4.78 is 27.2. The van der Waals surface area contributed by atoms with Gasteiger partial charge in [-0.15, -0.1) is 0 Å². The van der Waals surface area contributed by atoms with Crippen LogP contribution in [0.2, 0.25) is 0 Å². The molecule has 0 saturated carbocycles. The molecular formula is C16H21NO2S. The molecule has 0 atom stereocenters. The average Bonchev–Trinajstić information content (AvgIpc) is 2.76. The molecule has 108 valence electrons. The van der Waals surface area contributed by atoms with Crippen LogP contribution in [0.5, 0.6) is 0 Å². The van der Waals surface area contributed by atoms with Crippen LogP contribution >= 0.6 is 0 Å². The van der Waals surface area contributed by atoms with Gasteiger partial charge in [0.05, 0.1) is 4.91 Å². The van der Waals surface area contributed by atoms with Crippen LogP contribution < -0.4 is 0 Å². The first kappa shape index (κ1) is 13.8. The van der Waals surface area contributed by atoms with Crippen LogP contribution in [0, 0.1) is 0 Å². The second kappa shape index (κ2) is 5.70. The van der Waals surface area contributed by atoms with Crippen LogP contribution in [0.25, 0.3) is 6.08 Å². The zero-order valence-corrected chi connectivity index (χ0v) is 12.5. The Morgan fingerprint density at radius 1 is 0.900 bits per heavy atom. The standard InChI is InChI=1S/C16H21NO2S/c18-20(19,17-11-5-1-2-6-12-17)16-10-9-14-7-3-4-8-15(14)13-16/h3-4,7-8,13H,1-2,5-6,9-12H2. The molecule has 3 nitrogen and oxygen atoms in total. The van der Waals surface area contributed by atoms with Gasteiger partial charge in [-0.05, 0) is 42.9 Å². The largest absolute Gasteiger partial charge is 0.239 e. The van der Waals surface area contributed by atoms with Gasteiger partial charge in [0.15, 0.2) is 0 Å². The summed E-state index contributed by atoms with van der Waals surface area (Å²) >= 11 is 0. The molecular weight excluding hydrogens is 270 g/mol. The van der Waals surface area contributed by atoms with Crippen molar-refractivity contribution in [3.63, 3.8) is 0 Å². The highest BCUT2D eigenvalue weighted by Gasteiger charge is 2.28. The second-order valence-electron chi connectivity index (χ2n) is 5.63. The van der Waals surface area contributed by atoms with Crippen molar-refractivity contribution in [2.45, 2.75) is 38.5 Å². The van der Waals surface area contributed by atoms with Gasteiger partial charge in [-0.3, -0.25) is 0 Å². The van der Waals surface area contributed by atoms with Crippen molar-refractivity contribution in [1.29, 1.82) is 0 Å². The number of allylic oxidation sites excluding steroid dienone is 1. The van der Waals surface area contributed by atoms with Crippen molar-refractivity contribution >= 4 is 16.1 Å². The Labute approximate surface area is 121 Å². The highest BCUT2D eigenvalue weighted by molar-refractivity contribution is 7.93. The summed E-state index contributed by atoms with van der Waals surface area (Å²) in [5, 5.41) is 0. The highest BCUT2D eigenvalue weighted by atomic mass is 32.2. The monoisotopic (exact) mass is 291 g/mol. The van der Waals surface area contributed by atoms with E-state index in [-0.39, 0.29) is 0 Å². The molecule has 0 radical (unpaired) electrons. The molecule has 3 rings (SSSR count). The second-order valence-corrected chi connectivity index (χ2v) is 7.62. The number of hydrogen-bond acceptors (Lipinski definition) is 2. The van der Waals surface area contributed by atoms with Crippen molar-refractivity contribution in [2.24, 2.45) is 0 Å². The minimum absolute atomic E-state index is 0.595. The summed E-state index contributed by atoms with van der Waals surface area (Å²) in [6.07, 6.45) is 7.61. The van der Waals surface area contributed by atoms with Gasteiger partial charge in [0.2, 0.25) is 10.0 Å². The molecule has 1 aromatic rings. The highest BCUT2D eigenvalue weighted by Crippen LogP contribution is 2.29. The number of aryl methyl sites for hydroxylation is 1. The Kier molecular flexibility index (Phi) is 3.94. The van der Waals surface area contributed by atoms with Crippen LogP contribution in [0.15, 0.2) is 29.2 Å². The molecule has 1 fully saturated rings. The minimum atomic E-state index is -3.26. The molecule has 0 N–H and O–H groups in total. The zero-order valence-electron chi connectivity index (χ0n) is 11.7. The Bertz CT molecular complexity index is 611. The summed E-state index contributed by atoms with van der Waals surface area (Å²) in [6.45, 7) is 1.36. The topological polar surface area (TPSA) is 37.4 Å². The molecule has 1 aliphatic heterocycles. The van der Waals surface area contributed by atoms with E-state index < -0.39 is 10.0 Å². The SMILES string of the molecule is O=S(=O)(C1=Cc2ccccc2CC1)N1CCCCCC1. The molecule has 1 aromatic carbocycles. The van der Waals surface area contributed by atoms with E-state index in [2.05, 4.69) is 6.07 Å². The van der Waals surface area contributed by atoms with Crippen LogP contribution in [0.4, 0.5) is 0 Å². The summed E-state index contributed by atoms with van der Waals surface area (Å²) in [5.74, 6) is 0. The number of hydrogen-bond donors (Lipinski definition) is 0. The Hall–Kier alpha value is -1.13. The summed E-state index contributed by atoms with van der Waals surface area (Å²) in [7, 11) is -3.26. The van der Waals surface area contributed by atoms with Gasteiger partial charge in [-0.1, -0.05) is 37.1 Å². The molecule has 4 heteroatoms. The molecule has 0 unspecified atom stereocenters. The lowest BCUT2D eigenvalue weighted by Crippen LogP contribution is -2.33. The zero-order chi connectivity index (χ0) is 14.0. The first-order valence-corrected chi connectivity index (χ1v) is 8.90. The first-order valence-electron chi connectivity index (χ1n) is 7.46. The fourth-order valence-corrected chi connectivity index (χ4v) is 4.76. The van der Waals surface area contributed by atoms with E-state index in [0.717, 1.165) is 37.7 Å². The van der Waals surface area contributed by atoms with E-state index >= 15 is 0 Å². The maximum Gasteiger partial charge on any atom is 0.239 e. The lowest BCUT2D eigenvalue weighted by molar-refractivity contribution is 0.427. The van der Waals surface area contributed by atoms with Crippen molar-refractivity contribution in [2.75, 3.05) is 13.1 Å². The number of benzene rings is 1. The molecule has 0 amide bonds. The van der Waals surface area contributed by atoms with E-state index in [4.69, 9.17) is 0 Å². The van der Waals surface area contributed by atoms with Crippen molar-refractivity contribution in [3.05, 3.63) is 40.3 Å². The van der Waals surface area contributed by atoms with Crippen LogP contribution in [-0.4, -0.2) is 25.8 Å². The fraction of sp³-hybridized carbons (Fsp3) is 0.500. The van der Waals surface area contributed by atoms with Crippen molar-refractivity contribution in [1.82, 2.24) is 4.31 Å². The third-order valence-electron chi connectivity index (χ3n) is 4.25. The third kappa shape index (κ3) is 2.67. The summed E-state index contributed by atoms with van der Waals surface area (Å²) in [4.78, 5) is 0.595. The van der Waals surface area contributed by atoms with Gasteiger partial charge in [-0.25, -0.2) is 8.42 Å². The normalized spacial score (nSPS) is 20.9. The van der Waals surface area contributed by atoms with E-state index in [1.54, 1.807) is 4.31 Å². The first-order chi connectivity index (χ1) is 9.68. The van der Waals surface area contributed by atoms with Gasteiger partial charge < -0.3 is 0 Å². The molecule has 1 aliphatic carbocycles. The van der Waals surface area contributed by atoms with Crippen LogP contribution in [0.3, 0.4) is 0 Å². The Balaban J connectivity index is 1.90. The van der Waals surface area contributed by atoms with E-state index in [1.165, 1.54) is 5.56 Å². The molecule has 1 saturated heterocycles. The van der Waals surface area contributed by atoms with Gasteiger partial charge in [0.1, 0.15) is 0 Å². The summed E-state index contributed by atoms with van der Waals surface area (Å²) in [6, 6.07) is 8.07. The lowest BCUT2D eigenvalue weighted by atomic mass is 9.98. The van der Waals surface area contributed by atoms with E-state index in [9.17, 15) is 8.42 Å². The van der Waals surface area contributed by atoms with Crippen LogP contribution in [0.1, 0.15) is 43.2 Å². The minimum Gasteiger partial charge on any atom is -0.207 e. The maximum absolute atomic E-state index is 12.8. The lowest BCUT2D eigenvalue weighted by Gasteiger charge is -2.24. The van der Waals surface area contributed by atoms with Crippen molar-refractivity contribution in [3.8, 4) is 0 Å². The van der Waals surface area contributed by atoms with Crippen molar-refractivity contribution < 1.29 is 8.42 Å². The average molecular weight is 291 g/mol. The van der Waals surface area contributed by atoms with E-state index in [0.29, 0.717) is 24.4 Å². The molecule has 0 spiro atoms. The quantitative estimate of drug-likeness (QED) is 0.839. The number of fused-ring (bicyclic) bond motifs is 1. The van der Waals surface area contributed by atoms with E-state index in [1.807, 2.05) is 24.3 Å². The predicted octanol–water partition coefficient (Wildman–Crippen LogP) is 3.18. The number of rotatable bonds is 2. The molecule has 20 heavy (non-hydrogen) atoms. The third-order valence-corrected chi connectivity index (χ3v) is 6.28. The maximum atomic E-state index is 12.8. The van der Waals surface area contributed by atoms with Gasteiger partial charge in [0, 0.05) is 13.1 Å². The molecule has 0 aromatic heterocycles. The van der Waals surface area contributed by atoms with Gasteiger partial charge in [-0.2, -0.15) is 4.31 Å². The number of nitrogens with zero attached hydrogens (tertiary/aromatic N) is 1. The Morgan fingerprint density at radius 2 is 1.60 bits per heavy atom.